The number of hydrogen-bond acceptors (Lipinski definition) is 6. The van der Waals surface area contributed by atoms with Crippen molar-refractivity contribution in [2.45, 2.75) is 13.3 Å². The molecule has 1 aromatic rings. The molecular formula is C10H15N5O2. The third-order valence-corrected chi connectivity index (χ3v) is 1.96. The van der Waals surface area contributed by atoms with E-state index >= 15 is 0 Å². The van der Waals surface area contributed by atoms with E-state index in [9.17, 15) is 10.1 Å². The highest BCUT2D eigenvalue weighted by Crippen LogP contribution is 2.28. The quantitative estimate of drug-likeness (QED) is 0.426. The van der Waals surface area contributed by atoms with Gasteiger partial charge in [0, 0.05) is 13.1 Å². The Labute approximate surface area is 99.1 Å². The van der Waals surface area contributed by atoms with E-state index in [4.69, 9.17) is 0 Å². The standard InChI is InChI=1S/C10H15N5O2/c1-3-5-11-9-8(15(16)17)10(12-6-4-2)14-7-13-9/h3,7H,1,4-6H2,2H3,(H2,11,12,13,14). The molecular weight excluding hydrogens is 222 g/mol. The van der Waals surface area contributed by atoms with Gasteiger partial charge in [0.05, 0.1) is 4.92 Å². The van der Waals surface area contributed by atoms with E-state index in [0.29, 0.717) is 13.1 Å². The van der Waals surface area contributed by atoms with Crippen molar-refractivity contribution in [3.05, 3.63) is 29.1 Å². The van der Waals surface area contributed by atoms with Crippen molar-refractivity contribution in [1.82, 2.24) is 9.97 Å². The molecule has 0 bridgehead atoms. The molecule has 1 rings (SSSR count). The zero-order chi connectivity index (χ0) is 12.7. The first-order chi connectivity index (χ1) is 8.20. The van der Waals surface area contributed by atoms with Crippen molar-refractivity contribution in [2.24, 2.45) is 0 Å². The summed E-state index contributed by atoms with van der Waals surface area (Å²) in [5.41, 5.74) is -0.136. The van der Waals surface area contributed by atoms with Crippen LogP contribution < -0.4 is 10.6 Å². The fourth-order valence-corrected chi connectivity index (χ4v) is 1.22. The number of aromatic nitrogens is 2. The zero-order valence-electron chi connectivity index (χ0n) is 9.64. The number of nitrogens with one attached hydrogen (secondary N) is 2. The van der Waals surface area contributed by atoms with Crippen LogP contribution >= 0.6 is 0 Å². The third-order valence-electron chi connectivity index (χ3n) is 1.96. The second-order valence-electron chi connectivity index (χ2n) is 3.27. The summed E-state index contributed by atoms with van der Waals surface area (Å²) in [6.45, 7) is 6.53. The van der Waals surface area contributed by atoms with E-state index in [-0.39, 0.29) is 17.3 Å². The molecule has 0 atom stereocenters. The van der Waals surface area contributed by atoms with Gasteiger partial charge in [-0.2, -0.15) is 0 Å². The molecule has 0 saturated carbocycles. The van der Waals surface area contributed by atoms with Crippen LogP contribution in [0.5, 0.6) is 0 Å². The Hall–Kier alpha value is -2.18. The number of hydrogen-bond donors (Lipinski definition) is 2. The molecule has 0 fully saturated rings. The topological polar surface area (TPSA) is 93.0 Å². The van der Waals surface area contributed by atoms with Gasteiger partial charge in [0.15, 0.2) is 0 Å². The maximum absolute atomic E-state index is 11.0. The number of nitrogens with zero attached hydrogens (tertiary/aromatic N) is 3. The Morgan fingerprint density at radius 3 is 2.65 bits per heavy atom. The van der Waals surface area contributed by atoms with Gasteiger partial charge in [-0.25, -0.2) is 9.97 Å². The molecule has 0 spiro atoms. The van der Waals surface area contributed by atoms with Crippen molar-refractivity contribution >= 4 is 17.3 Å². The van der Waals surface area contributed by atoms with Crippen LogP contribution in [-0.2, 0) is 0 Å². The lowest BCUT2D eigenvalue weighted by molar-refractivity contribution is -0.383. The predicted octanol–water partition coefficient (Wildman–Crippen LogP) is 1.80. The summed E-state index contributed by atoms with van der Waals surface area (Å²) in [4.78, 5) is 18.2. The molecule has 0 aliphatic heterocycles. The van der Waals surface area contributed by atoms with Crippen molar-refractivity contribution in [3.63, 3.8) is 0 Å². The lowest BCUT2D eigenvalue weighted by Gasteiger charge is -2.08. The van der Waals surface area contributed by atoms with Gasteiger partial charge in [0.25, 0.3) is 0 Å². The van der Waals surface area contributed by atoms with E-state index in [1.807, 2.05) is 6.92 Å². The maximum atomic E-state index is 11.0. The summed E-state index contributed by atoms with van der Waals surface area (Å²) in [5, 5.41) is 16.7. The fraction of sp³-hybridized carbons (Fsp3) is 0.400. The van der Waals surface area contributed by atoms with Gasteiger partial charge in [-0.1, -0.05) is 13.0 Å². The van der Waals surface area contributed by atoms with Crippen molar-refractivity contribution in [3.8, 4) is 0 Å². The molecule has 1 aromatic heterocycles. The number of nitro groups is 1. The monoisotopic (exact) mass is 237 g/mol. The summed E-state index contributed by atoms with van der Waals surface area (Å²) in [7, 11) is 0. The molecule has 2 N–H and O–H groups in total. The number of rotatable bonds is 7. The molecule has 17 heavy (non-hydrogen) atoms. The molecule has 0 radical (unpaired) electrons. The smallest absolute Gasteiger partial charge is 0.353 e. The summed E-state index contributed by atoms with van der Waals surface area (Å²) in [5.74, 6) is 0.432. The minimum absolute atomic E-state index is 0.136. The summed E-state index contributed by atoms with van der Waals surface area (Å²) >= 11 is 0. The highest BCUT2D eigenvalue weighted by molar-refractivity contribution is 5.69. The van der Waals surface area contributed by atoms with Crippen LogP contribution in [0.25, 0.3) is 0 Å². The van der Waals surface area contributed by atoms with Crippen molar-refractivity contribution < 1.29 is 4.92 Å². The van der Waals surface area contributed by atoms with Gasteiger partial charge in [-0.3, -0.25) is 10.1 Å². The molecule has 1 heterocycles. The van der Waals surface area contributed by atoms with Crippen LogP contribution in [0, 0.1) is 10.1 Å². The molecule has 7 heteroatoms. The van der Waals surface area contributed by atoms with E-state index in [0.717, 1.165) is 6.42 Å². The molecule has 0 aliphatic rings. The van der Waals surface area contributed by atoms with Gasteiger partial charge >= 0.3 is 5.69 Å². The van der Waals surface area contributed by atoms with Gasteiger partial charge in [0.1, 0.15) is 6.33 Å². The largest absolute Gasteiger partial charge is 0.364 e. The van der Waals surface area contributed by atoms with Crippen LogP contribution in [0.15, 0.2) is 19.0 Å². The first kappa shape index (κ1) is 12.9. The highest BCUT2D eigenvalue weighted by Gasteiger charge is 2.21. The minimum Gasteiger partial charge on any atom is -0.364 e. The van der Waals surface area contributed by atoms with E-state index < -0.39 is 4.92 Å². The summed E-state index contributed by atoms with van der Waals surface area (Å²) < 4.78 is 0. The Balaban J connectivity index is 3.03. The number of anilines is 2. The SMILES string of the molecule is C=CCNc1ncnc(NCCC)c1[N+](=O)[O-]. The van der Waals surface area contributed by atoms with Crippen LogP contribution in [0.2, 0.25) is 0 Å². The molecule has 92 valence electrons. The summed E-state index contributed by atoms with van der Waals surface area (Å²) in [6.07, 6.45) is 3.75. The maximum Gasteiger partial charge on any atom is 0.353 e. The molecule has 0 amide bonds. The van der Waals surface area contributed by atoms with Gasteiger partial charge in [-0.05, 0) is 6.42 Å². The minimum atomic E-state index is -0.497. The van der Waals surface area contributed by atoms with Gasteiger partial charge in [-0.15, -0.1) is 6.58 Å². The first-order valence-electron chi connectivity index (χ1n) is 5.28. The predicted molar refractivity (Wildman–Crippen MR) is 66.2 cm³/mol. The van der Waals surface area contributed by atoms with E-state index in [1.54, 1.807) is 6.08 Å². The van der Waals surface area contributed by atoms with E-state index in [1.165, 1.54) is 6.33 Å². The molecule has 0 aliphatic carbocycles. The van der Waals surface area contributed by atoms with Crippen LogP contribution in [-0.4, -0.2) is 28.0 Å². The second-order valence-corrected chi connectivity index (χ2v) is 3.27. The lowest BCUT2D eigenvalue weighted by Crippen LogP contribution is -2.10. The molecule has 7 nitrogen and oxygen atoms in total. The zero-order valence-corrected chi connectivity index (χ0v) is 9.64. The van der Waals surface area contributed by atoms with Crippen molar-refractivity contribution in [2.75, 3.05) is 23.7 Å². The Bertz CT molecular complexity index is 408. The highest BCUT2D eigenvalue weighted by atomic mass is 16.6. The Morgan fingerprint density at radius 1 is 1.47 bits per heavy atom. The van der Waals surface area contributed by atoms with Gasteiger partial charge < -0.3 is 10.6 Å². The first-order valence-corrected chi connectivity index (χ1v) is 5.28. The molecule has 0 unspecified atom stereocenters. The fourth-order valence-electron chi connectivity index (χ4n) is 1.22. The van der Waals surface area contributed by atoms with Crippen LogP contribution in [0.4, 0.5) is 17.3 Å². The average Bonchev–Trinajstić information content (AvgIpc) is 2.33. The Morgan fingerprint density at radius 2 is 2.12 bits per heavy atom. The van der Waals surface area contributed by atoms with Gasteiger partial charge in [0.2, 0.25) is 11.6 Å². The molecule has 0 saturated heterocycles. The van der Waals surface area contributed by atoms with E-state index in [2.05, 4.69) is 27.2 Å². The molecule has 0 aromatic carbocycles. The lowest BCUT2D eigenvalue weighted by atomic mass is 10.4. The normalized spacial score (nSPS) is 9.71. The van der Waals surface area contributed by atoms with Crippen LogP contribution in [0.3, 0.4) is 0 Å². The second kappa shape index (κ2) is 6.41. The third kappa shape index (κ3) is 3.40. The van der Waals surface area contributed by atoms with Crippen LogP contribution in [0.1, 0.15) is 13.3 Å². The summed E-state index contributed by atoms with van der Waals surface area (Å²) in [6, 6.07) is 0. The van der Waals surface area contributed by atoms with Crippen molar-refractivity contribution in [1.29, 1.82) is 0 Å². The average molecular weight is 237 g/mol. The Kier molecular flexibility index (Phi) is 4.86.